The Labute approximate surface area is 151 Å². The Hall–Kier alpha value is -3.28. The minimum atomic E-state index is -0.515. The molecular weight excluding hydrogens is 328 g/mol. The third kappa shape index (κ3) is 3.85. The predicted octanol–water partition coefficient (Wildman–Crippen LogP) is 2.86. The Morgan fingerprint density at radius 3 is 2.42 bits per heavy atom. The molecule has 0 spiro atoms. The number of pyridine rings is 1. The molecule has 0 saturated carbocycles. The van der Waals surface area contributed by atoms with Gasteiger partial charge in [-0.05, 0) is 50.1 Å². The lowest BCUT2D eigenvalue weighted by Crippen LogP contribution is -2.29. The van der Waals surface area contributed by atoms with Crippen molar-refractivity contribution in [1.29, 1.82) is 0 Å². The topological polar surface area (TPSA) is 76.9 Å². The van der Waals surface area contributed by atoms with Gasteiger partial charge in [-0.1, -0.05) is 24.3 Å². The molecule has 0 aliphatic rings. The smallest absolute Gasteiger partial charge is 0.263 e. The molecule has 2 aromatic heterocycles. The minimum absolute atomic E-state index is 0.0591. The van der Waals surface area contributed by atoms with Crippen molar-refractivity contribution >= 4 is 11.9 Å². The van der Waals surface area contributed by atoms with E-state index >= 15 is 0 Å². The molecule has 3 rings (SSSR count). The molecule has 0 saturated heterocycles. The summed E-state index contributed by atoms with van der Waals surface area (Å²) in [5.41, 5.74) is 3.33. The van der Waals surface area contributed by atoms with Crippen LogP contribution in [0, 0.1) is 20.8 Å². The van der Waals surface area contributed by atoms with Gasteiger partial charge in [-0.2, -0.15) is 0 Å². The highest BCUT2D eigenvalue weighted by molar-refractivity contribution is 6.03. The average molecular weight is 348 g/mol. The first kappa shape index (κ1) is 17.5. The van der Waals surface area contributed by atoms with E-state index in [-0.39, 0.29) is 17.1 Å². The van der Waals surface area contributed by atoms with Gasteiger partial charge in [0, 0.05) is 17.6 Å². The SMILES string of the molecule is Cc1cc(C)nc(NC(=O)c2cccn(Cc3ccccc3C)c2=O)n1. The molecule has 1 aromatic carbocycles. The Morgan fingerprint density at radius 1 is 1.04 bits per heavy atom. The number of carbonyl (C=O) groups is 1. The second-order valence-electron chi connectivity index (χ2n) is 6.21. The maximum Gasteiger partial charge on any atom is 0.263 e. The van der Waals surface area contributed by atoms with Crippen molar-refractivity contribution in [2.24, 2.45) is 0 Å². The Bertz CT molecular complexity index is 1000. The number of anilines is 1. The molecular formula is C20H20N4O2. The lowest BCUT2D eigenvalue weighted by molar-refractivity contribution is 0.102. The zero-order valence-corrected chi connectivity index (χ0v) is 15.0. The van der Waals surface area contributed by atoms with Crippen molar-refractivity contribution in [3.8, 4) is 0 Å². The number of aromatic nitrogens is 3. The Kier molecular flexibility index (Phi) is 4.93. The molecule has 2 heterocycles. The van der Waals surface area contributed by atoms with E-state index in [1.807, 2.05) is 51.1 Å². The largest absolute Gasteiger partial charge is 0.310 e. The predicted molar refractivity (Wildman–Crippen MR) is 100 cm³/mol. The molecule has 3 aromatic rings. The lowest BCUT2D eigenvalue weighted by Gasteiger charge is -2.10. The fourth-order valence-corrected chi connectivity index (χ4v) is 2.76. The van der Waals surface area contributed by atoms with Gasteiger partial charge in [-0.3, -0.25) is 14.9 Å². The lowest BCUT2D eigenvalue weighted by atomic mass is 10.1. The van der Waals surface area contributed by atoms with E-state index in [9.17, 15) is 9.59 Å². The number of nitrogens with zero attached hydrogens (tertiary/aromatic N) is 3. The number of aryl methyl sites for hydroxylation is 3. The quantitative estimate of drug-likeness (QED) is 0.786. The number of rotatable bonds is 4. The maximum atomic E-state index is 12.7. The zero-order valence-electron chi connectivity index (χ0n) is 15.0. The zero-order chi connectivity index (χ0) is 18.7. The number of carbonyl (C=O) groups excluding carboxylic acids is 1. The normalized spacial score (nSPS) is 10.6. The van der Waals surface area contributed by atoms with E-state index in [1.54, 1.807) is 12.3 Å². The van der Waals surface area contributed by atoms with E-state index in [1.165, 1.54) is 10.6 Å². The van der Waals surface area contributed by atoms with Crippen molar-refractivity contribution < 1.29 is 4.79 Å². The summed E-state index contributed by atoms with van der Waals surface area (Å²) in [6.45, 7) is 6.05. The van der Waals surface area contributed by atoms with Crippen LogP contribution in [0.3, 0.4) is 0 Å². The van der Waals surface area contributed by atoms with E-state index in [0.717, 1.165) is 22.5 Å². The second-order valence-corrected chi connectivity index (χ2v) is 6.21. The van der Waals surface area contributed by atoms with Gasteiger partial charge in [-0.25, -0.2) is 9.97 Å². The summed E-state index contributed by atoms with van der Waals surface area (Å²) in [5.74, 6) is -0.319. The molecule has 6 heteroatoms. The summed E-state index contributed by atoms with van der Waals surface area (Å²) in [6, 6.07) is 12.9. The van der Waals surface area contributed by atoms with E-state index in [4.69, 9.17) is 0 Å². The first-order valence-electron chi connectivity index (χ1n) is 8.31. The summed E-state index contributed by atoms with van der Waals surface area (Å²) in [4.78, 5) is 33.6. The van der Waals surface area contributed by atoms with Crippen LogP contribution in [0.2, 0.25) is 0 Å². The van der Waals surface area contributed by atoms with E-state index < -0.39 is 5.91 Å². The standard InChI is InChI=1S/C20H20N4O2/c1-13-7-4-5-8-16(13)12-24-10-6-9-17(19(24)26)18(25)23-20-21-14(2)11-15(3)22-20/h4-11H,12H2,1-3H3,(H,21,22,23,25). The molecule has 0 fully saturated rings. The van der Waals surface area contributed by atoms with Crippen LogP contribution in [0.5, 0.6) is 0 Å². The number of amides is 1. The fourth-order valence-electron chi connectivity index (χ4n) is 2.76. The van der Waals surface area contributed by atoms with Crippen molar-refractivity contribution in [3.63, 3.8) is 0 Å². The van der Waals surface area contributed by atoms with Crippen molar-refractivity contribution in [3.05, 3.63) is 87.1 Å². The molecule has 6 nitrogen and oxygen atoms in total. The van der Waals surface area contributed by atoms with Crippen molar-refractivity contribution in [2.75, 3.05) is 5.32 Å². The van der Waals surface area contributed by atoms with Gasteiger partial charge in [0.05, 0.1) is 6.54 Å². The molecule has 1 amide bonds. The molecule has 0 aliphatic heterocycles. The van der Waals surface area contributed by atoms with E-state index in [0.29, 0.717) is 6.54 Å². The molecule has 0 bridgehead atoms. The monoisotopic (exact) mass is 348 g/mol. The van der Waals surface area contributed by atoms with Gasteiger partial charge in [0.15, 0.2) is 0 Å². The molecule has 0 aliphatic carbocycles. The van der Waals surface area contributed by atoms with E-state index in [2.05, 4.69) is 15.3 Å². The van der Waals surface area contributed by atoms with Crippen LogP contribution < -0.4 is 10.9 Å². The van der Waals surface area contributed by atoms with Crippen LogP contribution in [0.15, 0.2) is 53.5 Å². The van der Waals surface area contributed by atoms with Gasteiger partial charge in [0.25, 0.3) is 11.5 Å². The summed E-state index contributed by atoms with van der Waals surface area (Å²) in [5, 5.41) is 2.61. The second kappa shape index (κ2) is 7.31. The highest BCUT2D eigenvalue weighted by Crippen LogP contribution is 2.09. The van der Waals surface area contributed by atoms with Crippen molar-refractivity contribution in [2.45, 2.75) is 27.3 Å². The first-order valence-corrected chi connectivity index (χ1v) is 8.31. The van der Waals surface area contributed by atoms with Crippen molar-refractivity contribution in [1.82, 2.24) is 14.5 Å². The highest BCUT2D eigenvalue weighted by atomic mass is 16.2. The third-order valence-corrected chi connectivity index (χ3v) is 4.07. The number of hydrogen-bond acceptors (Lipinski definition) is 4. The van der Waals surface area contributed by atoms with Crippen LogP contribution in [0.4, 0.5) is 5.95 Å². The molecule has 132 valence electrons. The van der Waals surface area contributed by atoms with Gasteiger partial charge in [-0.15, -0.1) is 0 Å². The molecule has 26 heavy (non-hydrogen) atoms. The minimum Gasteiger partial charge on any atom is -0.310 e. The van der Waals surface area contributed by atoms with Crippen LogP contribution in [-0.2, 0) is 6.54 Å². The molecule has 0 radical (unpaired) electrons. The third-order valence-electron chi connectivity index (χ3n) is 4.07. The summed E-state index contributed by atoms with van der Waals surface area (Å²) < 4.78 is 1.53. The van der Waals surface area contributed by atoms with Crippen LogP contribution in [0.25, 0.3) is 0 Å². The number of hydrogen-bond donors (Lipinski definition) is 1. The summed E-state index contributed by atoms with van der Waals surface area (Å²) >= 11 is 0. The fraction of sp³-hybridized carbons (Fsp3) is 0.200. The highest BCUT2D eigenvalue weighted by Gasteiger charge is 2.14. The summed E-state index contributed by atoms with van der Waals surface area (Å²) in [6.07, 6.45) is 1.68. The van der Waals surface area contributed by atoms with Crippen LogP contribution in [-0.4, -0.2) is 20.4 Å². The maximum absolute atomic E-state index is 12.7. The first-order chi connectivity index (χ1) is 12.4. The van der Waals surface area contributed by atoms with Gasteiger partial charge in [0.2, 0.25) is 5.95 Å². The van der Waals surface area contributed by atoms with Crippen LogP contribution in [0.1, 0.15) is 32.9 Å². The Balaban J connectivity index is 1.88. The van der Waals surface area contributed by atoms with Gasteiger partial charge >= 0.3 is 0 Å². The van der Waals surface area contributed by atoms with Gasteiger partial charge < -0.3 is 4.57 Å². The number of benzene rings is 1. The molecule has 0 unspecified atom stereocenters. The van der Waals surface area contributed by atoms with Crippen LogP contribution >= 0.6 is 0 Å². The molecule has 1 N–H and O–H groups in total. The van der Waals surface area contributed by atoms with Gasteiger partial charge in [0.1, 0.15) is 5.56 Å². The average Bonchev–Trinajstić information content (AvgIpc) is 2.57. The Morgan fingerprint density at radius 2 is 1.73 bits per heavy atom. The summed E-state index contributed by atoms with van der Waals surface area (Å²) in [7, 11) is 0. The number of nitrogens with one attached hydrogen (secondary N) is 1. The molecule has 0 atom stereocenters.